The van der Waals surface area contributed by atoms with E-state index in [1.165, 1.54) is 16.0 Å². The molecular formula is C19H27Cl2N3O2S. The summed E-state index contributed by atoms with van der Waals surface area (Å²) in [5, 5.41) is 5.16. The zero-order valence-electron chi connectivity index (χ0n) is 15.3. The molecule has 2 heterocycles. The zero-order valence-corrected chi connectivity index (χ0v) is 17.7. The number of rotatable bonds is 7. The van der Waals surface area contributed by atoms with E-state index < -0.39 is 6.04 Å². The number of thiophene rings is 1. The van der Waals surface area contributed by atoms with Crippen LogP contribution in [0.2, 0.25) is 0 Å². The largest absolute Gasteiger partial charge is 0.383 e. The summed E-state index contributed by atoms with van der Waals surface area (Å²) < 4.78 is 4.97. The van der Waals surface area contributed by atoms with Crippen molar-refractivity contribution in [1.82, 2.24) is 10.2 Å². The molecule has 150 valence electrons. The third-order valence-corrected chi connectivity index (χ3v) is 5.64. The number of hydrogen-bond donors (Lipinski definition) is 2. The summed E-state index contributed by atoms with van der Waals surface area (Å²) in [6, 6.07) is 12.0. The third-order valence-electron chi connectivity index (χ3n) is 4.61. The van der Waals surface area contributed by atoms with Crippen molar-refractivity contribution in [3.63, 3.8) is 0 Å². The SMILES string of the molecule is COCC(N)C(=O)NCC(c1ccccc1)N1CCc2sccc2C1.Cl.Cl. The number of methoxy groups -OCH3 is 1. The molecule has 1 aliphatic heterocycles. The molecule has 0 aliphatic carbocycles. The van der Waals surface area contributed by atoms with Gasteiger partial charge in [-0.05, 0) is 29.0 Å². The summed E-state index contributed by atoms with van der Waals surface area (Å²) in [5.74, 6) is -0.170. The van der Waals surface area contributed by atoms with Gasteiger partial charge in [0, 0.05) is 31.6 Å². The van der Waals surface area contributed by atoms with Gasteiger partial charge in [-0.25, -0.2) is 0 Å². The fourth-order valence-electron chi connectivity index (χ4n) is 3.25. The maximum Gasteiger partial charge on any atom is 0.239 e. The van der Waals surface area contributed by atoms with E-state index in [1.54, 1.807) is 7.11 Å². The Morgan fingerprint density at radius 1 is 1.30 bits per heavy atom. The summed E-state index contributed by atoms with van der Waals surface area (Å²) in [7, 11) is 1.55. The number of hydrogen-bond acceptors (Lipinski definition) is 5. The van der Waals surface area contributed by atoms with Crippen LogP contribution in [0.3, 0.4) is 0 Å². The predicted molar refractivity (Wildman–Crippen MR) is 115 cm³/mol. The summed E-state index contributed by atoms with van der Waals surface area (Å²) in [4.78, 5) is 16.1. The van der Waals surface area contributed by atoms with E-state index in [-0.39, 0.29) is 43.4 Å². The minimum absolute atomic E-state index is 0. The van der Waals surface area contributed by atoms with E-state index in [1.807, 2.05) is 29.5 Å². The van der Waals surface area contributed by atoms with E-state index in [9.17, 15) is 4.79 Å². The Hall–Kier alpha value is -1.15. The van der Waals surface area contributed by atoms with Gasteiger partial charge in [-0.2, -0.15) is 0 Å². The Kier molecular flexibility index (Phi) is 10.3. The van der Waals surface area contributed by atoms with Crippen molar-refractivity contribution >= 4 is 42.1 Å². The molecule has 2 unspecified atom stereocenters. The van der Waals surface area contributed by atoms with E-state index in [4.69, 9.17) is 10.5 Å². The van der Waals surface area contributed by atoms with Crippen molar-refractivity contribution in [2.45, 2.75) is 25.0 Å². The van der Waals surface area contributed by atoms with Crippen LogP contribution in [0.25, 0.3) is 0 Å². The van der Waals surface area contributed by atoms with Crippen molar-refractivity contribution in [2.24, 2.45) is 5.73 Å². The van der Waals surface area contributed by atoms with Crippen LogP contribution in [-0.2, 0) is 22.5 Å². The molecule has 1 amide bonds. The van der Waals surface area contributed by atoms with E-state index in [0.29, 0.717) is 6.54 Å². The van der Waals surface area contributed by atoms with Gasteiger partial charge in [-0.1, -0.05) is 30.3 Å². The highest BCUT2D eigenvalue weighted by atomic mass is 35.5. The maximum atomic E-state index is 12.2. The standard InChI is InChI=1S/C19H25N3O2S.2ClH/c1-24-13-16(20)19(23)21-11-17(14-5-3-2-4-6-14)22-9-7-18-15(12-22)8-10-25-18;;/h2-6,8,10,16-17H,7,9,11-13,20H2,1H3,(H,21,23);2*1H. The van der Waals surface area contributed by atoms with Crippen LogP contribution in [0, 0.1) is 0 Å². The predicted octanol–water partition coefficient (Wildman–Crippen LogP) is 2.78. The van der Waals surface area contributed by atoms with Gasteiger partial charge in [0.25, 0.3) is 0 Å². The average molecular weight is 432 g/mol. The van der Waals surface area contributed by atoms with Crippen LogP contribution in [0.5, 0.6) is 0 Å². The monoisotopic (exact) mass is 431 g/mol. The summed E-state index contributed by atoms with van der Waals surface area (Å²) >= 11 is 1.84. The molecule has 27 heavy (non-hydrogen) atoms. The van der Waals surface area contributed by atoms with Crippen molar-refractivity contribution in [3.8, 4) is 0 Å². The summed E-state index contributed by atoms with van der Waals surface area (Å²) in [6.07, 6.45) is 1.06. The Balaban J connectivity index is 0.00000182. The number of nitrogens with one attached hydrogen (secondary N) is 1. The number of nitrogens with two attached hydrogens (primary N) is 1. The molecule has 0 saturated carbocycles. The molecule has 3 rings (SSSR count). The van der Waals surface area contributed by atoms with Crippen LogP contribution in [-0.4, -0.2) is 43.7 Å². The van der Waals surface area contributed by atoms with E-state index in [0.717, 1.165) is 19.5 Å². The molecular weight excluding hydrogens is 405 g/mol. The van der Waals surface area contributed by atoms with Gasteiger partial charge in [0.15, 0.2) is 0 Å². The normalized spacial score (nSPS) is 15.6. The molecule has 0 bridgehead atoms. The average Bonchev–Trinajstić information content (AvgIpc) is 3.10. The molecule has 1 aromatic carbocycles. The topological polar surface area (TPSA) is 67.6 Å². The molecule has 3 N–H and O–H groups in total. The highest BCUT2D eigenvalue weighted by molar-refractivity contribution is 7.10. The lowest BCUT2D eigenvalue weighted by molar-refractivity contribution is -0.123. The van der Waals surface area contributed by atoms with Crippen molar-refractivity contribution in [3.05, 3.63) is 57.8 Å². The van der Waals surface area contributed by atoms with Gasteiger partial charge in [0.1, 0.15) is 6.04 Å². The minimum Gasteiger partial charge on any atom is -0.383 e. The lowest BCUT2D eigenvalue weighted by atomic mass is 10.0. The quantitative estimate of drug-likeness (QED) is 0.706. The van der Waals surface area contributed by atoms with Crippen LogP contribution in [0.15, 0.2) is 41.8 Å². The molecule has 8 heteroatoms. The Labute approximate surface area is 177 Å². The summed E-state index contributed by atoms with van der Waals surface area (Å²) in [5.41, 5.74) is 8.44. The van der Waals surface area contributed by atoms with Gasteiger partial charge < -0.3 is 15.8 Å². The van der Waals surface area contributed by atoms with Gasteiger partial charge in [0.2, 0.25) is 5.91 Å². The fourth-order valence-corrected chi connectivity index (χ4v) is 4.14. The molecule has 1 aromatic heterocycles. The zero-order chi connectivity index (χ0) is 17.6. The smallest absolute Gasteiger partial charge is 0.239 e. The molecule has 2 aromatic rings. The molecule has 0 radical (unpaired) electrons. The fraction of sp³-hybridized carbons (Fsp3) is 0.421. The van der Waals surface area contributed by atoms with Gasteiger partial charge in [0.05, 0.1) is 12.6 Å². The molecule has 0 fully saturated rings. The van der Waals surface area contributed by atoms with Crippen molar-refractivity contribution in [1.29, 1.82) is 0 Å². The molecule has 5 nitrogen and oxygen atoms in total. The van der Waals surface area contributed by atoms with Crippen LogP contribution >= 0.6 is 36.2 Å². The first kappa shape index (κ1) is 23.9. The van der Waals surface area contributed by atoms with Crippen LogP contribution in [0.1, 0.15) is 22.0 Å². The summed E-state index contributed by atoms with van der Waals surface area (Å²) in [6.45, 7) is 2.68. The molecule has 0 saturated heterocycles. The number of fused-ring (bicyclic) bond motifs is 1. The number of nitrogens with zero attached hydrogens (tertiary/aromatic N) is 1. The number of amides is 1. The second kappa shape index (κ2) is 11.6. The van der Waals surface area contributed by atoms with Gasteiger partial charge in [-0.3, -0.25) is 9.69 Å². The Bertz CT molecular complexity index is 699. The van der Waals surface area contributed by atoms with E-state index >= 15 is 0 Å². The lowest BCUT2D eigenvalue weighted by Gasteiger charge is -2.35. The highest BCUT2D eigenvalue weighted by Gasteiger charge is 2.26. The van der Waals surface area contributed by atoms with Gasteiger partial charge >= 0.3 is 0 Å². The second-order valence-corrected chi connectivity index (χ2v) is 7.32. The Morgan fingerprint density at radius 2 is 2.04 bits per heavy atom. The number of carbonyl (C=O) groups is 1. The van der Waals surface area contributed by atoms with Crippen molar-refractivity contribution in [2.75, 3.05) is 26.8 Å². The number of carbonyl (C=O) groups excluding carboxylic acids is 1. The van der Waals surface area contributed by atoms with E-state index in [2.05, 4.69) is 33.8 Å². The number of halogens is 2. The third kappa shape index (κ3) is 6.17. The van der Waals surface area contributed by atoms with Crippen molar-refractivity contribution < 1.29 is 9.53 Å². The molecule has 0 spiro atoms. The second-order valence-electron chi connectivity index (χ2n) is 6.32. The maximum absolute atomic E-state index is 12.2. The van der Waals surface area contributed by atoms with Crippen LogP contribution in [0.4, 0.5) is 0 Å². The molecule has 1 aliphatic rings. The first-order chi connectivity index (χ1) is 12.2. The first-order valence-electron chi connectivity index (χ1n) is 8.55. The molecule has 2 atom stereocenters. The van der Waals surface area contributed by atoms with Crippen LogP contribution < -0.4 is 11.1 Å². The first-order valence-corrected chi connectivity index (χ1v) is 9.43. The number of ether oxygens (including phenoxy) is 1. The lowest BCUT2D eigenvalue weighted by Crippen LogP contribution is -2.47. The Morgan fingerprint density at radius 3 is 2.74 bits per heavy atom. The van der Waals surface area contributed by atoms with Gasteiger partial charge in [-0.15, -0.1) is 36.2 Å². The highest BCUT2D eigenvalue weighted by Crippen LogP contribution is 2.30. The number of benzene rings is 1. The minimum atomic E-state index is -0.633.